The molecule has 0 radical (unpaired) electrons. The molecule has 1 amide bonds. The van der Waals surface area contributed by atoms with E-state index in [0.717, 1.165) is 22.6 Å². The Morgan fingerprint density at radius 1 is 1.11 bits per heavy atom. The predicted molar refractivity (Wildman–Crippen MR) is 131 cm³/mol. The number of methoxy groups -OCH3 is 1. The standard InChI is InChI=1S/C26H24N4O4S/c1-17-5-9-19(10-6-17)21-15-22(23-4-3-13-33-23)30(29-21)25(31)16-35-26-28-27-24(34-26)14-18-7-11-20(32-2)12-8-18/h3-13,22H,14-16H2,1-2H3/t22-/m1/s1. The molecular formula is C26H24N4O4S. The van der Waals surface area contributed by atoms with E-state index in [0.29, 0.717) is 29.7 Å². The van der Waals surface area contributed by atoms with Crippen LogP contribution in [0, 0.1) is 6.92 Å². The third kappa shape index (κ3) is 5.30. The van der Waals surface area contributed by atoms with E-state index in [2.05, 4.69) is 15.3 Å². The fourth-order valence-corrected chi connectivity index (χ4v) is 4.47. The van der Waals surface area contributed by atoms with Gasteiger partial charge in [-0.15, -0.1) is 10.2 Å². The lowest BCUT2D eigenvalue weighted by molar-refractivity contribution is -0.130. The Balaban J connectivity index is 1.25. The number of furan rings is 1. The molecule has 35 heavy (non-hydrogen) atoms. The van der Waals surface area contributed by atoms with Crippen molar-refractivity contribution in [2.24, 2.45) is 5.10 Å². The molecule has 1 aliphatic rings. The summed E-state index contributed by atoms with van der Waals surface area (Å²) in [5, 5.41) is 14.7. The summed E-state index contributed by atoms with van der Waals surface area (Å²) in [5.74, 6) is 1.94. The van der Waals surface area contributed by atoms with Crippen LogP contribution in [0.3, 0.4) is 0 Å². The minimum Gasteiger partial charge on any atom is -0.497 e. The zero-order chi connectivity index (χ0) is 24.2. The Morgan fingerprint density at radius 2 is 1.91 bits per heavy atom. The van der Waals surface area contributed by atoms with Gasteiger partial charge in [-0.1, -0.05) is 53.7 Å². The number of carbonyl (C=O) groups is 1. The maximum atomic E-state index is 13.2. The minimum absolute atomic E-state index is 0.117. The molecule has 0 N–H and O–H groups in total. The lowest BCUT2D eigenvalue weighted by Crippen LogP contribution is -2.28. The number of nitrogens with zero attached hydrogens (tertiary/aromatic N) is 4. The smallest absolute Gasteiger partial charge is 0.277 e. The summed E-state index contributed by atoms with van der Waals surface area (Å²) >= 11 is 1.20. The molecule has 0 spiro atoms. The normalized spacial score (nSPS) is 15.3. The number of benzene rings is 2. The lowest BCUT2D eigenvalue weighted by Gasteiger charge is -2.19. The van der Waals surface area contributed by atoms with Crippen molar-refractivity contribution >= 4 is 23.4 Å². The topological polar surface area (TPSA) is 94.0 Å². The highest BCUT2D eigenvalue weighted by atomic mass is 32.2. The number of hydrogen-bond donors (Lipinski definition) is 0. The van der Waals surface area contributed by atoms with Crippen molar-refractivity contribution in [3.63, 3.8) is 0 Å². The van der Waals surface area contributed by atoms with E-state index < -0.39 is 0 Å². The predicted octanol–water partition coefficient (Wildman–Crippen LogP) is 5.04. The number of thioether (sulfide) groups is 1. The molecule has 1 aliphatic heterocycles. The van der Waals surface area contributed by atoms with E-state index in [1.54, 1.807) is 13.4 Å². The molecule has 178 valence electrons. The van der Waals surface area contributed by atoms with Gasteiger partial charge in [-0.3, -0.25) is 4.79 Å². The highest BCUT2D eigenvalue weighted by Gasteiger charge is 2.35. The van der Waals surface area contributed by atoms with E-state index in [4.69, 9.17) is 13.6 Å². The molecule has 0 saturated heterocycles. The van der Waals surface area contributed by atoms with Crippen molar-refractivity contribution in [1.29, 1.82) is 0 Å². The Morgan fingerprint density at radius 3 is 2.63 bits per heavy atom. The summed E-state index contributed by atoms with van der Waals surface area (Å²) in [7, 11) is 1.63. The van der Waals surface area contributed by atoms with Gasteiger partial charge in [0.1, 0.15) is 17.6 Å². The van der Waals surface area contributed by atoms with E-state index in [9.17, 15) is 4.79 Å². The molecule has 9 heteroatoms. The van der Waals surface area contributed by atoms with Gasteiger partial charge in [0.05, 0.1) is 31.3 Å². The van der Waals surface area contributed by atoms with Crippen molar-refractivity contribution in [2.45, 2.75) is 31.0 Å². The summed E-state index contributed by atoms with van der Waals surface area (Å²) in [5.41, 5.74) is 4.04. The maximum Gasteiger partial charge on any atom is 0.277 e. The highest BCUT2D eigenvalue weighted by molar-refractivity contribution is 7.99. The molecule has 0 unspecified atom stereocenters. The van der Waals surface area contributed by atoms with Crippen LogP contribution in [0.25, 0.3) is 0 Å². The first-order valence-corrected chi connectivity index (χ1v) is 12.2. The zero-order valence-electron chi connectivity index (χ0n) is 19.4. The van der Waals surface area contributed by atoms with Crippen molar-refractivity contribution in [2.75, 3.05) is 12.9 Å². The largest absolute Gasteiger partial charge is 0.497 e. The quantitative estimate of drug-likeness (QED) is 0.321. The zero-order valence-corrected chi connectivity index (χ0v) is 20.2. The maximum absolute atomic E-state index is 13.2. The first kappa shape index (κ1) is 22.9. The van der Waals surface area contributed by atoms with E-state index >= 15 is 0 Å². The number of hydrogen-bond acceptors (Lipinski definition) is 8. The van der Waals surface area contributed by atoms with Gasteiger partial charge in [-0.2, -0.15) is 5.10 Å². The second kappa shape index (κ2) is 10.2. The Bertz CT molecular complexity index is 1310. The van der Waals surface area contributed by atoms with Crippen LogP contribution in [0.5, 0.6) is 5.75 Å². The van der Waals surface area contributed by atoms with Gasteiger partial charge in [-0.05, 0) is 42.3 Å². The Labute approximate surface area is 207 Å². The number of ether oxygens (including phenoxy) is 1. The number of hydrazone groups is 1. The summed E-state index contributed by atoms with van der Waals surface area (Å²) in [6.45, 7) is 2.04. The van der Waals surface area contributed by atoms with Gasteiger partial charge in [0, 0.05) is 6.42 Å². The molecular weight excluding hydrogens is 464 g/mol. The van der Waals surface area contributed by atoms with Crippen molar-refractivity contribution in [3.8, 4) is 5.75 Å². The van der Waals surface area contributed by atoms with Crippen LogP contribution in [0.1, 0.15) is 40.8 Å². The van der Waals surface area contributed by atoms with Crippen molar-refractivity contribution in [1.82, 2.24) is 15.2 Å². The van der Waals surface area contributed by atoms with Crippen LogP contribution >= 0.6 is 11.8 Å². The van der Waals surface area contributed by atoms with Gasteiger partial charge in [-0.25, -0.2) is 5.01 Å². The average Bonchev–Trinajstić information content (AvgIpc) is 3.64. The van der Waals surface area contributed by atoms with Crippen LogP contribution in [0.2, 0.25) is 0 Å². The Hall–Kier alpha value is -3.85. The molecule has 0 saturated carbocycles. The summed E-state index contributed by atoms with van der Waals surface area (Å²) in [6, 6.07) is 19.2. The third-order valence-electron chi connectivity index (χ3n) is 5.70. The fourth-order valence-electron chi connectivity index (χ4n) is 3.84. The number of carbonyl (C=O) groups excluding carboxylic acids is 1. The lowest BCUT2D eigenvalue weighted by atomic mass is 10.0. The first-order valence-electron chi connectivity index (χ1n) is 11.2. The van der Waals surface area contributed by atoms with Crippen LogP contribution in [-0.4, -0.2) is 39.7 Å². The second-order valence-electron chi connectivity index (χ2n) is 8.16. The average molecular weight is 489 g/mol. The van der Waals surface area contributed by atoms with E-state index in [-0.39, 0.29) is 17.7 Å². The second-order valence-corrected chi connectivity index (χ2v) is 9.09. The third-order valence-corrected chi connectivity index (χ3v) is 6.51. The van der Waals surface area contributed by atoms with Gasteiger partial charge >= 0.3 is 0 Å². The van der Waals surface area contributed by atoms with Crippen LogP contribution in [0.4, 0.5) is 0 Å². The fraction of sp³-hybridized carbons (Fsp3) is 0.231. The monoisotopic (exact) mass is 488 g/mol. The molecule has 0 aliphatic carbocycles. The minimum atomic E-state index is -0.289. The van der Waals surface area contributed by atoms with Crippen LogP contribution in [0.15, 0.2) is 86.1 Å². The molecule has 2 aromatic heterocycles. The SMILES string of the molecule is COc1ccc(Cc2nnc(SCC(=O)N3N=C(c4ccc(C)cc4)C[C@@H]3c3ccco3)o2)cc1. The molecule has 2 aromatic carbocycles. The van der Waals surface area contributed by atoms with Gasteiger partial charge in [0.2, 0.25) is 5.89 Å². The van der Waals surface area contributed by atoms with E-state index in [1.807, 2.05) is 67.6 Å². The van der Waals surface area contributed by atoms with Gasteiger partial charge < -0.3 is 13.6 Å². The number of aromatic nitrogens is 2. The van der Waals surface area contributed by atoms with Crippen molar-refractivity contribution in [3.05, 3.63) is 95.3 Å². The molecule has 8 nitrogen and oxygen atoms in total. The summed E-state index contributed by atoms with van der Waals surface area (Å²) < 4.78 is 16.5. The molecule has 1 atom stereocenters. The number of amides is 1. The molecule has 4 aromatic rings. The van der Waals surface area contributed by atoms with Crippen LogP contribution < -0.4 is 4.74 Å². The van der Waals surface area contributed by atoms with Gasteiger partial charge in [0.15, 0.2) is 0 Å². The molecule has 3 heterocycles. The number of aryl methyl sites for hydroxylation is 1. The first-order chi connectivity index (χ1) is 17.1. The molecule has 0 bridgehead atoms. The number of rotatable bonds is 8. The molecule has 5 rings (SSSR count). The Kier molecular flexibility index (Phi) is 6.67. The summed E-state index contributed by atoms with van der Waals surface area (Å²) in [4.78, 5) is 13.2. The van der Waals surface area contributed by atoms with Crippen LogP contribution in [-0.2, 0) is 11.2 Å². The summed E-state index contributed by atoms with van der Waals surface area (Å²) in [6.07, 6.45) is 2.70. The molecule has 0 fully saturated rings. The highest BCUT2D eigenvalue weighted by Crippen LogP contribution is 2.34. The van der Waals surface area contributed by atoms with E-state index in [1.165, 1.54) is 22.3 Å². The van der Waals surface area contributed by atoms with Crippen molar-refractivity contribution < 1.29 is 18.4 Å². The van der Waals surface area contributed by atoms with Gasteiger partial charge in [0.25, 0.3) is 11.1 Å².